The molecule has 8 heteroatoms. The maximum absolute atomic E-state index is 12.1. The van der Waals surface area contributed by atoms with Gasteiger partial charge in [-0.3, -0.25) is 9.59 Å². The van der Waals surface area contributed by atoms with Crippen molar-refractivity contribution in [2.45, 2.75) is 26.9 Å². The Hall–Kier alpha value is -2.71. The second-order valence-electron chi connectivity index (χ2n) is 6.80. The van der Waals surface area contributed by atoms with Gasteiger partial charge in [-0.15, -0.1) is 11.3 Å². The van der Waals surface area contributed by atoms with Crippen LogP contribution in [0, 0.1) is 13.8 Å². The molecule has 0 fully saturated rings. The van der Waals surface area contributed by atoms with Gasteiger partial charge < -0.3 is 15.4 Å². The summed E-state index contributed by atoms with van der Waals surface area (Å²) in [4.78, 5) is 28.6. The molecule has 0 spiro atoms. The number of nitrogens with one attached hydrogen (secondary N) is 2. The molecule has 3 aromatic rings. The number of benzene rings is 2. The first-order valence-electron chi connectivity index (χ1n) is 9.34. The fourth-order valence-electron chi connectivity index (χ4n) is 2.64. The molecular weight excluding hydrogens is 466 g/mol. The number of amides is 2. The molecule has 0 saturated carbocycles. The summed E-state index contributed by atoms with van der Waals surface area (Å²) in [7, 11) is 0. The standard InChI is InChI=1S/C22H22BrN3O3S/c1-14-3-6-18(7-4-14)29-12-22-25-17(13-30-22)10-20(27)24-11-21(28)26-19-8-5-16(23)9-15(19)2/h3-9,13H,10-12H2,1-2H3,(H,24,27)(H,26,28). The molecule has 2 amide bonds. The lowest BCUT2D eigenvalue weighted by molar-refractivity contribution is -0.123. The van der Waals surface area contributed by atoms with Gasteiger partial charge in [-0.25, -0.2) is 4.98 Å². The maximum atomic E-state index is 12.1. The molecule has 30 heavy (non-hydrogen) atoms. The number of nitrogens with zero attached hydrogens (tertiary/aromatic N) is 1. The molecule has 6 nitrogen and oxygen atoms in total. The summed E-state index contributed by atoms with van der Waals surface area (Å²) in [6.45, 7) is 4.18. The molecule has 2 N–H and O–H groups in total. The number of thiazole rings is 1. The fraction of sp³-hybridized carbons (Fsp3) is 0.227. The Morgan fingerprint density at radius 3 is 2.60 bits per heavy atom. The van der Waals surface area contributed by atoms with Crippen LogP contribution in [0.4, 0.5) is 5.69 Å². The van der Waals surface area contributed by atoms with Gasteiger partial charge in [0.25, 0.3) is 0 Å². The second kappa shape index (κ2) is 10.4. The SMILES string of the molecule is Cc1ccc(OCc2nc(CC(=O)NCC(=O)Nc3ccc(Br)cc3C)cs2)cc1. The highest BCUT2D eigenvalue weighted by Gasteiger charge is 2.11. The average molecular weight is 488 g/mol. The van der Waals surface area contributed by atoms with Gasteiger partial charge in [-0.2, -0.15) is 0 Å². The van der Waals surface area contributed by atoms with E-state index in [-0.39, 0.29) is 24.8 Å². The van der Waals surface area contributed by atoms with Gasteiger partial charge in [0, 0.05) is 15.5 Å². The summed E-state index contributed by atoms with van der Waals surface area (Å²) in [5, 5.41) is 8.04. The molecule has 0 radical (unpaired) electrons. The van der Waals surface area contributed by atoms with E-state index in [0.29, 0.717) is 12.3 Å². The third-order valence-corrected chi connectivity index (χ3v) is 5.60. The van der Waals surface area contributed by atoms with Crippen molar-refractivity contribution in [1.29, 1.82) is 0 Å². The lowest BCUT2D eigenvalue weighted by atomic mass is 10.2. The predicted molar refractivity (Wildman–Crippen MR) is 122 cm³/mol. The van der Waals surface area contributed by atoms with E-state index in [0.717, 1.165) is 26.5 Å². The smallest absolute Gasteiger partial charge is 0.243 e. The van der Waals surface area contributed by atoms with Crippen molar-refractivity contribution in [3.8, 4) is 5.75 Å². The van der Waals surface area contributed by atoms with Crippen LogP contribution in [-0.4, -0.2) is 23.3 Å². The van der Waals surface area contributed by atoms with Gasteiger partial charge in [-0.05, 0) is 49.7 Å². The summed E-state index contributed by atoms with van der Waals surface area (Å²) < 4.78 is 6.65. The molecule has 2 aromatic carbocycles. The van der Waals surface area contributed by atoms with Gasteiger partial charge in [0.15, 0.2) is 0 Å². The Morgan fingerprint density at radius 1 is 1.10 bits per heavy atom. The van der Waals surface area contributed by atoms with E-state index in [4.69, 9.17) is 4.74 Å². The van der Waals surface area contributed by atoms with Crippen molar-refractivity contribution in [2.24, 2.45) is 0 Å². The van der Waals surface area contributed by atoms with Gasteiger partial charge in [0.2, 0.25) is 11.8 Å². The number of ether oxygens (including phenoxy) is 1. The third-order valence-electron chi connectivity index (χ3n) is 4.23. The average Bonchev–Trinajstić information content (AvgIpc) is 3.15. The minimum absolute atomic E-state index is 0.0954. The van der Waals surface area contributed by atoms with Crippen molar-refractivity contribution in [2.75, 3.05) is 11.9 Å². The summed E-state index contributed by atoms with van der Waals surface area (Å²) in [6, 6.07) is 13.4. The Balaban J connectivity index is 1.42. The van der Waals surface area contributed by atoms with Crippen LogP contribution in [0.5, 0.6) is 5.75 Å². The summed E-state index contributed by atoms with van der Waals surface area (Å²) in [6.07, 6.45) is 0.117. The van der Waals surface area contributed by atoms with Gasteiger partial charge in [-0.1, -0.05) is 33.6 Å². The number of anilines is 1. The first kappa shape index (κ1) is 22.0. The third kappa shape index (κ3) is 6.67. The molecule has 0 atom stereocenters. The first-order chi connectivity index (χ1) is 14.4. The molecule has 1 heterocycles. The number of carbonyl (C=O) groups excluding carboxylic acids is 2. The quantitative estimate of drug-likeness (QED) is 0.493. The van der Waals surface area contributed by atoms with E-state index in [9.17, 15) is 9.59 Å². The Kier molecular flexibility index (Phi) is 7.59. The Morgan fingerprint density at radius 2 is 1.87 bits per heavy atom. The number of carbonyl (C=O) groups is 2. The minimum Gasteiger partial charge on any atom is -0.486 e. The molecule has 0 bridgehead atoms. The molecule has 3 rings (SSSR count). The zero-order valence-electron chi connectivity index (χ0n) is 16.7. The van der Waals surface area contributed by atoms with Crippen molar-refractivity contribution in [3.63, 3.8) is 0 Å². The number of aryl methyl sites for hydroxylation is 2. The van der Waals surface area contributed by atoms with Crippen LogP contribution in [0.25, 0.3) is 0 Å². The second-order valence-corrected chi connectivity index (χ2v) is 8.65. The molecule has 0 aliphatic carbocycles. The van der Waals surface area contributed by atoms with Crippen LogP contribution in [0.2, 0.25) is 0 Å². The van der Waals surface area contributed by atoms with Crippen LogP contribution in [0.1, 0.15) is 21.8 Å². The van der Waals surface area contributed by atoms with Crippen molar-refractivity contribution in [1.82, 2.24) is 10.3 Å². The molecule has 1 aromatic heterocycles. The molecule has 0 aliphatic heterocycles. The van der Waals surface area contributed by atoms with E-state index in [1.807, 2.05) is 61.7 Å². The number of hydrogen-bond donors (Lipinski definition) is 2. The normalized spacial score (nSPS) is 10.5. The lowest BCUT2D eigenvalue weighted by Gasteiger charge is -2.09. The molecule has 156 valence electrons. The predicted octanol–water partition coefficient (Wildman–Crippen LogP) is 4.40. The van der Waals surface area contributed by atoms with Crippen LogP contribution in [-0.2, 0) is 22.6 Å². The van der Waals surface area contributed by atoms with Gasteiger partial charge >= 0.3 is 0 Å². The van der Waals surface area contributed by atoms with Crippen LogP contribution in [0.3, 0.4) is 0 Å². The molecule has 0 saturated heterocycles. The van der Waals surface area contributed by atoms with Crippen molar-refractivity contribution in [3.05, 3.63) is 74.1 Å². The van der Waals surface area contributed by atoms with E-state index in [1.54, 1.807) is 0 Å². The fourth-order valence-corrected chi connectivity index (χ4v) is 3.82. The molecule has 0 unspecified atom stereocenters. The highest BCUT2D eigenvalue weighted by Crippen LogP contribution is 2.20. The zero-order valence-corrected chi connectivity index (χ0v) is 19.1. The summed E-state index contributed by atoms with van der Waals surface area (Å²) >= 11 is 4.83. The zero-order chi connectivity index (χ0) is 21.5. The van der Waals surface area contributed by atoms with E-state index < -0.39 is 0 Å². The monoisotopic (exact) mass is 487 g/mol. The molecule has 0 aliphatic rings. The topological polar surface area (TPSA) is 80.3 Å². The van der Waals surface area contributed by atoms with Crippen LogP contribution in [0.15, 0.2) is 52.3 Å². The molecular formula is C22H22BrN3O3S. The lowest BCUT2D eigenvalue weighted by Crippen LogP contribution is -2.34. The van der Waals surface area contributed by atoms with Crippen LogP contribution < -0.4 is 15.4 Å². The number of aromatic nitrogens is 1. The van der Waals surface area contributed by atoms with E-state index in [2.05, 4.69) is 31.5 Å². The maximum Gasteiger partial charge on any atom is 0.243 e. The minimum atomic E-state index is -0.278. The highest BCUT2D eigenvalue weighted by molar-refractivity contribution is 9.10. The summed E-state index contributed by atoms with van der Waals surface area (Å²) in [5.74, 6) is 0.246. The Bertz CT molecular complexity index is 1030. The van der Waals surface area contributed by atoms with Gasteiger partial charge in [0.05, 0.1) is 18.7 Å². The first-order valence-corrected chi connectivity index (χ1v) is 11.0. The largest absolute Gasteiger partial charge is 0.486 e. The Labute approximate surface area is 187 Å². The van der Waals surface area contributed by atoms with Crippen molar-refractivity contribution >= 4 is 44.8 Å². The van der Waals surface area contributed by atoms with E-state index in [1.165, 1.54) is 16.9 Å². The summed E-state index contributed by atoms with van der Waals surface area (Å²) in [5.41, 5.74) is 3.48. The van der Waals surface area contributed by atoms with Crippen molar-refractivity contribution < 1.29 is 14.3 Å². The van der Waals surface area contributed by atoms with Gasteiger partial charge in [0.1, 0.15) is 17.4 Å². The number of halogens is 1. The number of rotatable bonds is 8. The van der Waals surface area contributed by atoms with E-state index >= 15 is 0 Å². The van der Waals surface area contributed by atoms with Crippen LogP contribution >= 0.6 is 27.3 Å². The number of hydrogen-bond acceptors (Lipinski definition) is 5. The highest BCUT2D eigenvalue weighted by atomic mass is 79.9.